The molecular formula is C18H22INO5S. The molecule has 26 heavy (non-hydrogen) atoms. The Morgan fingerprint density at radius 2 is 1.96 bits per heavy atom. The molecule has 1 aromatic carbocycles. The molecule has 8 heteroatoms. The number of ether oxygens (including phenoxy) is 3. The van der Waals surface area contributed by atoms with E-state index in [1.165, 1.54) is 12.0 Å². The number of hydrogen-bond donors (Lipinski definition) is 0. The number of amides is 2. The van der Waals surface area contributed by atoms with Gasteiger partial charge in [-0.2, -0.15) is 0 Å². The number of thioether (sulfide) groups is 1. The van der Waals surface area contributed by atoms with Crippen LogP contribution in [0.1, 0.15) is 25.8 Å². The van der Waals surface area contributed by atoms with Gasteiger partial charge in [0.1, 0.15) is 0 Å². The lowest BCUT2D eigenvalue weighted by molar-refractivity contribution is -0.123. The van der Waals surface area contributed by atoms with Gasteiger partial charge in [-0.15, -0.1) is 0 Å². The summed E-state index contributed by atoms with van der Waals surface area (Å²) in [5.74, 6) is 1.05. The lowest BCUT2D eigenvalue weighted by atomic mass is 10.2. The highest BCUT2D eigenvalue weighted by atomic mass is 127. The minimum atomic E-state index is -0.295. The van der Waals surface area contributed by atoms with Crippen LogP contribution in [0, 0.1) is 3.57 Å². The summed E-state index contributed by atoms with van der Waals surface area (Å²) >= 11 is 3.13. The number of imide groups is 1. The van der Waals surface area contributed by atoms with Crippen molar-refractivity contribution in [3.05, 3.63) is 26.2 Å². The van der Waals surface area contributed by atoms with Crippen LogP contribution in [0.3, 0.4) is 0 Å². The van der Waals surface area contributed by atoms with Gasteiger partial charge in [-0.3, -0.25) is 14.5 Å². The number of carbonyl (C=O) groups is 2. The fraction of sp³-hybridized carbons (Fsp3) is 0.444. The highest BCUT2D eigenvalue weighted by molar-refractivity contribution is 14.1. The molecule has 0 N–H and O–H groups in total. The third-order valence-corrected chi connectivity index (χ3v) is 5.18. The lowest BCUT2D eigenvalue weighted by Crippen LogP contribution is -2.31. The molecule has 6 nitrogen and oxygen atoms in total. The standard InChI is InChI=1S/C18H22INO5S/c1-4-7-25-16-13(19)9-12(10-14(16)24-5-2)11-15-17(21)20(6-8-23-3)18(22)26-15/h9-11H,4-8H2,1-3H3/b15-11-. The van der Waals surface area contributed by atoms with E-state index in [0.29, 0.717) is 36.2 Å². The van der Waals surface area contributed by atoms with Crippen LogP contribution in [-0.2, 0) is 9.53 Å². The van der Waals surface area contributed by atoms with Gasteiger partial charge in [-0.05, 0) is 71.5 Å². The minimum Gasteiger partial charge on any atom is -0.490 e. The molecule has 1 heterocycles. The first-order valence-electron chi connectivity index (χ1n) is 8.35. The van der Waals surface area contributed by atoms with Crippen molar-refractivity contribution in [3.63, 3.8) is 0 Å². The van der Waals surface area contributed by atoms with Crippen LogP contribution < -0.4 is 9.47 Å². The van der Waals surface area contributed by atoms with Gasteiger partial charge in [-0.25, -0.2) is 0 Å². The summed E-state index contributed by atoms with van der Waals surface area (Å²) in [5.41, 5.74) is 0.791. The maximum Gasteiger partial charge on any atom is 0.293 e. The van der Waals surface area contributed by atoms with E-state index in [1.54, 1.807) is 6.08 Å². The zero-order chi connectivity index (χ0) is 19.1. The molecule has 2 amide bonds. The van der Waals surface area contributed by atoms with E-state index in [-0.39, 0.29) is 17.7 Å². The maximum atomic E-state index is 12.4. The van der Waals surface area contributed by atoms with Gasteiger partial charge < -0.3 is 14.2 Å². The molecule has 1 aromatic rings. The second-order valence-corrected chi connectivity index (χ2v) is 7.59. The van der Waals surface area contributed by atoms with Crippen molar-refractivity contribution < 1.29 is 23.8 Å². The van der Waals surface area contributed by atoms with Crippen LogP contribution in [0.4, 0.5) is 4.79 Å². The Kier molecular flexibility index (Phi) is 8.23. The predicted octanol–water partition coefficient (Wildman–Crippen LogP) is 4.16. The Balaban J connectivity index is 2.29. The van der Waals surface area contributed by atoms with Crippen LogP contribution in [0.15, 0.2) is 17.0 Å². The van der Waals surface area contributed by atoms with Crippen LogP contribution in [0.5, 0.6) is 11.5 Å². The second-order valence-electron chi connectivity index (χ2n) is 5.44. The van der Waals surface area contributed by atoms with Crippen LogP contribution in [0.25, 0.3) is 6.08 Å². The molecule has 1 saturated heterocycles. The molecule has 0 aliphatic carbocycles. The third-order valence-electron chi connectivity index (χ3n) is 3.47. The van der Waals surface area contributed by atoms with Gasteiger partial charge in [0.25, 0.3) is 11.1 Å². The summed E-state index contributed by atoms with van der Waals surface area (Å²) in [6.07, 6.45) is 2.62. The van der Waals surface area contributed by atoms with Crippen molar-refractivity contribution in [1.82, 2.24) is 4.90 Å². The predicted molar refractivity (Wildman–Crippen MR) is 111 cm³/mol. The topological polar surface area (TPSA) is 65.1 Å². The van der Waals surface area contributed by atoms with Crippen molar-refractivity contribution in [1.29, 1.82) is 0 Å². The van der Waals surface area contributed by atoms with Gasteiger partial charge in [0.15, 0.2) is 11.5 Å². The smallest absolute Gasteiger partial charge is 0.293 e. The van der Waals surface area contributed by atoms with E-state index in [2.05, 4.69) is 22.6 Å². The zero-order valence-electron chi connectivity index (χ0n) is 15.0. The Hall–Kier alpha value is -1.26. The second kappa shape index (κ2) is 10.2. The molecule has 142 valence electrons. The number of methoxy groups -OCH3 is 1. The summed E-state index contributed by atoms with van der Waals surface area (Å²) < 4.78 is 17.3. The number of halogens is 1. The molecule has 0 bridgehead atoms. The summed E-state index contributed by atoms with van der Waals surface area (Å²) in [7, 11) is 1.54. The average molecular weight is 491 g/mol. The molecule has 1 aliphatic rings. The molecule has 2 rings (SSSR count). The van der Waals surface area contributed by atoms with Crippen LogP contribution >= 0.6 is 34.4 Å². The highest BCUT2D eigenvalue weighted by Crippen LogP contribution is 2.37. The zero-order valence-corrected chi connectivity index (χ0v) is 18.0. The van der Waals surface area contributed by atoms with Crippen molar-refractivity contribution in [2.75, 3.05) is 33.5 Å². The Morgan fingerprint density at radius 1 is 1.19 bits per heavy atom. The van der Waals surface area contributed by atoms with E-state index in [0.717, 1.165) is 27.3 Å². The Bertz CT molecular complexity index is 707. The first-order chi connectivity index (χ1) is 12.5. The first kappa shape index (κ1) is 21.0. The van der Waals surface area contributed by atoms with Crippen LogP contribution in [-0.4, -0.2) is 49.5 Å². The number of benzene rings is 1. The van der Waals surface area contributed by atoms with Gasteiger partial charge in [0.05, 0.1) is 34.8 Å². The van der Waals surface area contributed by atoms with E-state index < -0.39 is 0 Å². The molecule has 0 saturated carbocycles. The molecule has 0 atom stereocenters. The fourth-order valence-corrected chi connectivity index (χ4v) is 3.95. The van der Waals surface area contributed by atoms with E-state index in [4.69, 9.17) is 14.2 Å². The van der Waals surface area contributed by atoms with Gasteiger partial charge >= 0.3 is 0 Å². The summed E-state index contributed by atoms with van der Waals surface area (Å²) in [4.78, 5) is 26.1. The number of hydrogen-bond acceptors (Lipinski definition) is 6. The molecule has 0 unspecified atom stereocenters. The van der Waals surface area contributed by atoms with Gasteiger partial charge in [0.2, 0.25) is 0 Å². The summed E-state index contributed by atoms with van der Waals surface area (Å²) in [6, 6.07) is 3.75. The van der Waals surface area contributed by atoms with E-state index >= 15 is 0 Å². The molecule has 0 spiro atoms. The quantitative estimate of drug-likeness (QED) is 0.382. The molecule has 1 fully saturated rings. The monoisotopic (exact) mass is 491 g/mol. The first-order valence-corrected chi connectivity index (χ1v) is 10.2. The van der Waals surface area contributed by atoms with Crippen LogP contribution in [0.2, 0.25) is 0 Å². The number of carbonyl (C=O) groups excluding carboxylic acids is 2. The third kappa shape index (κ3) is 5.14. The SMILES string of the molecule is CCCOc1c(I)cc(/C=C2\SC(=O)N(CCOC)C2=O)cc1OCC. The van der Waals surface area contributed by atoms with Gasteiger partial charge in [-0.1, -0.05) is 6.92 Å². The van der Waals surface area contributed by atoms with E-state index in [1.807, 2.05) is 26.0 Å². The molecule has 1 aliphatic heterocycles. The minimum absolute atomic E-state index is 0.254. The fourth-order valence-electron chi connectivity index (χ4n) is 2.31. The lowest BCUT2D eigenvalue weighted by Gasteiger charge is -2.14. The largest absolute Gasteiger partial charge is 0.490 e. The van der Waals surface area contributed by atoms with Crippen molar-refractivity contribution in [3.8, 4) is 11.5 Å². The number of rotatable bonds is 9. The molecule has 0 radical (unpaired) electrons. The van der Waals surface area contributed by atoms with Crippen molar-refractivity contribution in [2.45, 2.75) is 20.3 Å². The van der Waals surface area contributed by atoms with Crippen molar-refractivity contribution in [2.24, 2.45) is 0 Å². The molecular weight excluding hydrogens is 469 g/mol. The maximum absolute atomic E-state index is 12.4. The molecule has 0 aromatic heterocycles. The normalized spacial score (nSPS) is 15.8. The average Bonchev–Trinajstić information content (AvgIpc) is 2.86. The van der Waals surface area contributed by atoms with Gasteiger partial charge in [0, 0.05) is 7.11 Å². The Morgan fingerprint density at radius 3 is 2.62 bits per heavy atom. The number of nitrogens with zero attached hydrogens (tertiary/aromatic N) is 1. The van der Waals surface area contributed by atoms with E-state index in [9.17, 15) is 9.59 Å². The van der Waals surface area contributed by atoms with Crippen molar-refractivity contribution >= 4 is 51.6 Å². The summed E-state index contributed by atoms with van der Waals surface area (Å²) in [5, 5.41) is -0.277. The highest BCUT2D eigenvalue weighted by Gasteiger charge is 2.34. The Labute approximate surface area is 171 Å². The summed E-state index contributed by atoms with van der Waals surface area (Å²) in [6.45, 7) is 5.64.